The van der Waals surface area contributed by atoms with Gasteiger partial charge in [0.15, 0.2) is 5.65 Å². The average molecular weight is 476 g/mol. The summed E-state index contributed by atoms with van der Waals surface area (Å²) < 4.78 is 40.2. The van der Waals surface area contributed by atoms with Gasteiger partial charge in [0.25, 0.3) is 5.82 Å². The summed E-state index contributed by atoms with van der Waals surface area (Å²) in [4.78, 5) is 17.0. The molecule has 1 aromatic carbocycles. The highest BCUT2D eigenvalue weighted by Gasteiger charge is 2.38. The zero-order chi connectivity index (χ0) is 24.3. The van der Waals surface area contributed by atoms with Crippen LogP contribution in [-0.2, 0) is 17.4 Å². The van der Waals surface area contributed by atoms with E-state index in [1.54, 1.807) is 6.07 Å². The minimum absolute atomic E-state index is 0.0125. The molecular weight excluding hydrogens is 447 g/mol. The molecule has 4 rings (SSSR count). The van der Waals surface area contributed by atoms with E-state index in [1.807, 2.05) is 37.2 Å². The number of anilines is 1. The number of piperidine rings is 1. The van der Waals surface area contributed by atoms with E-state index in [1.165, 1.54) is 6.07 Å². The second-order valence-electron chi connectivity index (χ2n) is 8.90. The van der Waals surface area contributed by atoms with E-state index in [4.69, 9.17) is 0 Å². The number of nitrogens with zero attached hydrogens (tertiary/aromatic N) is 6. The molecule has 1 amide bonds. The number of rotatable bonds is 7. The maximum Gasteiger partial charge on any atom is 0.453 e. The van der Waals surface area contributed by atoms with Gasteiger partial charge in [0.2, 0.25) is 5.91 Å². The van der Waals surface area contributed by atoms with E-state index in [-0.39, 0.29) is 23.5 Å². The van der Waals surface area contributed by atoms with Crippen LogP contribution in [0.1, 0.15) is 24.2 Å². The van der Waals surface area contributed by atoms with Crippen LogP contribution in [-0.4, -0.2) is 70.4 Å². The van der Waals surface area contributed by atoms with Gasteiger partial charge >= 0.3 is 6.18 Å². The van der Waals surface area contributed by atoms with Crippen LogP contribution in [0.25, 0.3) is 5.65 Å². The summed E-state index contributed by atoms with van der Waals surface area (Å²) in [6.45, 7) is 1.78. The fourth-order valence-electron chi connectivity index (χ4n) is 4.32. The Hall–Kier alpha value is -3.21. The predicted molar refractivity (Wildman–Crippen MR) is 121 cm³/mol. The molecule has 1 atom stereocenters. The Bertz CT molecular complexity index is 1110. The summed E-state index contributed by atoms with van der Waals surface area (Å²) in [7, 11) is 3.96. The van der Waals surface area contributed by atoms with Crippen LogP contribution < -0.4 is 10.2 Å². The molecular formula is C23H28F3N7O. The molecule has 1 fully saturated rings. The highest BCUT2D eigenvalue weighted by Crippen LogP contribution is 2.28. The zero-order valence-corrected chi connectivity index (χ0v) is 19.2. The van der Waals surface area contributed by atoms with Crippen molar-refractivity contribution in [1.82, 2.24) is 30.0 Å². The summed E-state index contributed by atoms with van der Waals surface area (Å²) >= 11 is 0. The molecule has 8 nitrogen and oxygen atoms in total. The van der Waals surface area contributed by atoms with Crippen molar-refractivity contribution in [2.45, 2.75) is 31.5 Å². The van der Waals surface area contributed by atoms with Crippen molar-refractivity contribution in [2.75, 3.05) is 38.6 Å². The van der Waals surface area contributed by atoms with E-state index < -0.39 is 12.0 Å². The summed E-state index contributed by atoms with van der Waals surface area (Å²) in [5.41, 5.74) is 1.20. The Kier molecular flexibility index (Phi) is 7.01. The molecule has 1 aliphatic rings. The Morgan fingerprint density at radius 1 is 1.12 bits per heavy atom. The molecule has 182 valence electrons. The molecule has 2 aromatic heterocycles. The Balaban J connectivity index is 1.38. The quantitative estimate of drug-likeness (QED) is 0.566. The standard InChI is InChI=1S/C23H28F3N7O/c1-31(2)15-18(14-16-6-4-3-5-7-16)27-21(34)17-10-12-32(13-11-17)20-9-8-19-28-29-22(23(24,25)26)33(19)30-20/h3-9,17-18H,10-15H2,1-2H3,(H,27,34). The number of likely N-dealkylation sites (N-methyl/N-ethyl adjacent to an activating group) is 1. The first kappa shape index (κ1) is 23.9. The molecule has 34 heavy (non-hydrogen) atoms. The lowest BCUT2D eigenvalue weighted by atomic mass is 9.95. The lowest BCUT2D eigenvalue weighted by Crippen LogP contribution is -2.48. The first-order valence-electron chi connectivity index (χ1n) is 11.2. The minimum atomic E-state index is -4.64. The highest BCUT2D eigenvalue weighted by molar-refractivity contribution is 5.79. The van der Waals surface area contributed by atoms with Crippen molar-refractivity contribution >= 4 is 17.4 Å². The Morgan fingerprint density at radius 3 is 2.47 bits per heavy atom. The molecule has 1 N–H and O–H groups in total. The van der Waals surface area contributed by atoms with E-state index in [9.17, 15) is 18.0 Å². The first-order chi connectivity index (χ1) is 16.2. The van der Waals surface area contributed by atoms with Gasteiger partial charge in [-0.15, -0.1) is 15.3 Å². The van der Waals surface area contributed by atoms with Crippen LogP contribution in [0.15, 0.2) is 42.5 Å². The van der Waals surface area contributed by atoms with Crippen LogP contribution >= 0.6 is 0 Å². The number of amides is 1. The molecule has 1 aliphatic heterocycles. The van der Waals surface area contributed by atoms with Crippen LogP contribution in [0, 0.1) is 5.92 Å². The molecule has 1 saturated heterocycles. The highest BCUT2D eigenvalue weighted by atomic mass is 19.4. The number of hydrogen-bond acceptors (Lipinski definition) is 6. The van der Waals surface area contributed by atoms with Gasteiger partial charge in [-0.2, -0.15) is 17.7 Å². The molecule has 3 heterocycles. The molecule has 3 aromatic rings. The number of hydrogen-bond donors (Lipinski definition) is 1. The fourth-order valence-corrected chi connectivity index (χ4v) is 4.32. The van der Waals surface area contributed by atoms with E-state index in [0.29, 0.717) is 31.7 Å². The maximum absolute atomic E-state index is 13.2. The van der Waals surface area contributed by atoms with Crippen molar-refractivity contribution in [3.8, 4) is 0 Å². The van der Waals surface area contributed by atoms with Crippen molar-refractivity contribution in [3.05, 3.63) is 53.9 Å². The molecule has 0 aliphatic carbocycles. The summed E-state index contributed by atoms with van der Waals surface area (Å²) in [5.74, 6) is -0.875. The van der Waals surface area contributed by atoms with E-state index >= 15 is 0 Å². The van der Waals surface area contributed by atoms with Gasteiger partial charge < -0.3 is 15.1 Å². The van der Waals surface area contributed by atoms with Gasteiger partial charge in [-0.05, 0) is 51.1 Å². The molecule has 0 radical (unpaired) electrons. The van der Waals surface area contributed by atoms with Gasteiger partial charge in [-0.1, -0.05) is 30.3 Å². The summed E-state index contributed by atoms with van der Waals surface area (Å²) in [6, 6.07) is 13.1. The molecule has 0 spiro atoms. The number of nitrogens with one attached hydrogen (secondary N) is 1. The zero-order valence-electron chi connectivity index (χ0n) is 19.2. The number of alkyl halides is 3. The lowest BCUT2D eigenvalue weighted by molar-refractivity contribution is -0.146. The van der Waals surface area contributed by atoms with Gasteiger partial charge in [0.05, 0.1) is 0 Å². The predicted octanol–water partition coefficient (Wildman–Crippen LogP) is 2.65. The Morgan fingerprint density at radius 2 is 1.82 bits per heavy atom. The van der Waals surface area contributed by atoms with Gasteiger partial charge in [-0.3, -0.25) is 4.79 Å². The SMILES string of the molecule is CN(C)CC(Cc1ccccc1)NC(=O)C1CCN(c2ccc3nnc(C(F)(F)F)n3n2)CC1. The first-order valence-corrected chi connectivity index (χ1v) is 11.2. The third-order valence-corrected chi connectivity index (χ3v) is 5.95. The number of fused-ring (bicyclic) bond motifs is 1. The second-order valence-corrected chi connectivity index (χ2v) is 8.90. The second kappa shape index (κ2) is 9.96. The minimum Gasteiger partial charge on any atom is -0.355 e. The van der Waals surface area contributed by atoms with Crippen LogP contribution in [0.4, 0.5) is 19.0 Å². The monoisotopic (exact) mass is 475 g/mol. The third kappa shape index (κ3) is 5.64. The average Bonchev–Trinajstić information content (AvgIpc) is 3.23. The van der Waals surface area contributed by atoms with Gasteiger partial charge in [0.1, 0.15) is 5.82 Å². The van der Waals surface area contributed by atoms with Gasteiger partial charge in [0, 0.05) is 31.6 Å². The van der Waals surface area contributed by atoms with E-state index in [0.717, 1.165) is 23.0 Å². The number of carbonyl (C=O) groups is 1. The fraction of sp³-hybridized carbons (Fsp3) is 0.478. The topological polar surface area (TPSA) is 78.7 Å². The molecule has 0 bridgehead atoms. The Labute approximate surface area is 195 Å². The normalized spacial score (nSPS) is 16.2. The smallest absolute Gasteiger partial charge is 0.355 e. The van der Waals surface area contributed by atoms with Crippen molar-refractivity contribution in [2.24, 2.45) is 5.92 Å². The number of halogens is 3. The van der Waals surface area contributed by atoms with Crippen LogP contribution in [0.2, 0.25) is 0 Å². The largest absolute Gasteiger partial charge is 0.453 e. The maximum atomic E-state index is 13.2. The third-order valence-electron chi connectivity index (χ3n) is 5.95. The van der Waals surface area contributed by atoms with Crippen molar-refractivity contribution in [3.63, 3.8) is 0 Å². The van der Waals surface area contributed by atoms with Gasteiger partial charge in [-0.25, -0.2) is 0 Å². The number of aromatic nitrogens is 4. The van der Waals surface area contributed by atoms with E-state index in [2.05, 4.69) is 37.6 Å². The molecule has 0 saturated carbocycles. The van der Waals surface area contributed by atoms with Crippen LogP contribution in [0.5, 0.6) is 0 Å². The molecule has 11 heteroatoms. The van der Waals surface area contributed by atoms with Crippen molar-refractivity contribution < 1.29 is 18.0 Å². The lowest BCUT2D eigenvalue weighted by Gasteiger charge is -2.33. The summed E-state index contributed by atoms with van der Waals surface area (Å²) in [5, 5.41) is 14.1. The van der Waals surface area contributed by atoms with Crippen LogP contribution in [0.3, 0.4) is 0 Å². The number of carbonyl (C=O) groups excluding carboxylic acids is 1. The van der Waals surface area contributed by atoms with Crippen molar-refractivity contribution in [1.29, 1.82) is 0 Å². The number of benzene rings is 1. The summed E-state index contributed by atoms with van der Waals surface area (Å²) in [6.07, 6.45) is -2.70. The molecule has 1 unspecified atom stereocenters.